The summed E-state index contributed by atoms with van der Waals surface area (Å²) in [5, 5.41) is 8.36. The van der Waals surface area contributed by atoms with Crippen LogP contribution in [0.1, 0.15) is 26.2 Å². The fourth-order valence-corrected chi connectivity index (χ4v) is 3.32. The molecule has 0 bridgehead atoms. The summed E-state index contributed by atoms with van der Waals surface area (Å²) in [6, 6.07) is 10.3. The molecule has 5 rings (SSSR count). The van der Waals surface area contributed by atoms with Gasteiger partial charge in [-0.2, -0.15) is 5.10 Å². The molecule has 0 amide bonds. The Hall–Kier alpha value is -2.85. The summed E-state index contributed by atoms with van der Waals surface area (Å²) in [5.41, 5.74) is 8.28. The maximum Gasteiger partial charge on any atom is 0.171 e. The van der Waals surface area contributed by atoms with Crippen LogP contribution in [0.15, 0.2) is 18.5 Å². The van der Waals surface area contributed by atoms with Gasteiger partial charge in [-0.1, -0.05) is 0 Å². The van der Waals surface area contributed by atoms with E-state index in [0.717, 1.165) is 60.5 Å². The Bertz CT molecular complexity index is 964. The van der Waals surface area contributed by atoms with Crippen molar-refractivity contribution in [3.63, 3.8) is 0 Å². The molecule has 1 aliphatic carbocycles. The molecule has 2 aliphatic rings. The van der Waals surface area contributed by atoms with E-state index in [4.69, 9.17) is 10.5 Å². The van der Waals surface area contributed by atoms with Crippen molar-refractivity contribution in [2.24, 2.45) is 5.73 Å². The Kier molecular flexibility index (Phi) is 3.31. The molecule has 3 heterocycles. The maximum absolute atomic E-state index is 6.02. The van der Waals surface area contributed by atoms with Gasteiger partial charge in [-0.3, -0.25) is 5.10 Å². The lowest BCUT2D eigenvalue weighted by Gasteiger charge is -2.16. The number of hydrogen-bond acceptors (Lipinski definition) is 6. The van der Waals surface area contributed by atoms with E-state index in [2.05, 4.69) is 44.1 Å². The van der Waals surface area contributed by atoms with Gasteiger partial charge in [0.25, 0.3) is 0 Å². The molecule has 0 spiro atoms. The highest BCUT2D eigenvalue weighted by Crippen LogP contribution is 2.39. The smallest absolute Gasteiger partial charge is 0.171 e. The lowest BCUT2D eigenvalue weighted by Crippen LogP contribution is -2.26. The van der Waals surface area contributed by atoms with Crippen LogP contribution in [-0.4, -0.2) is 44.9 Å². The first kappa shape index (κ1) is 15.4. The van der Waals surface area contributed by atoms with Crippen LogP contribution in [0.25, 0.3) is 22.3 Å². The summed E-state index contributed by atoms with van der Waals surface area (Å²) >= 11 is 0. The van der Waals surface area contributed by atoms with Gasteiger partial charge in [-0.15, -0.1) is 0 Å². The molecule has 2 aromatic heterocycles. The quantitative estimate of drug-likeness (QED) is 0.750. The Morgan fingerprint density at radius 3 is 2.96 bits per heavy atom. The minimum atomic E-state index is -0.0570. The summed E-state index contributed by atoms with van der Waals surface area (Å²) in [6.45, 7) is 3.84. The van der Waals surface area contributed by atoms with Crippen molar-refractivity contribution in [1.29, 1.82) is 0 Å². The average molecular weight is 348 g/mol. The summed E-state index contributed by atoms with van der Waals surface area (Å²) in [7, 11) is 0. The van der Waals surface area contributed by atoms with E-state index in [1.54, 1.807) is 6.33 Å². The molecule has 0 radical (unpaired) electrons. The molecule has 1 saturated heterocycles. The standard InChI is InChI=1S/C19H20N6O/c1-19(5-6-19)26-13-2-3-15-14(8-13)18(24-23-15)16-9-17(22-11-21-16)25-7-4-12(20)10-25/h8-9,11-12H,4-7,10,20H2,1H3,(H,23,24). The van der Waals surface area contributed by atoms with Crippen molar-refractivity contribution in [3.8, 4) is 17.1 Å². The number of anilines is 1. The van der Waals surface area contributed by atoms with E-state index in [1.807, 2.05) is 12.1 Å². The first-order valence-corrected chi connectivity index (χ1v) is 8.94. The molecule has 1 aromatic carbocycles. The molecular formula is C19H20N6O. The van der Waals surface area contributed by atoms with Crippen LogP contribution < -0.4 is 15.4 Å². The Balaban J connectivity index is 1.51. The molecule has 1 saturated carbocycles. The van der Waals surface area contributed by atoms with Crippen molar-refractivity contribution in [3.05, 3.63) is 30.6 Å². The zero-order chi connectivity index (χ0) is 17.7. The second kappa shape index (κ2) is 5.58. The Labute approximate surface area is 151 Å². The first-order valence-electron chi connectivity index (χ1n) is 8.94. The molecule has 132 valence electrons. The highest BCUT2D eigenvalue weighted by Gasteiger charge is 2.40. The number of rotatable bonds is 4. The topological polar surface area (TPSA) is 93.0 Å². The first-order chi connectivity index (χ1) is 12.6. The van der Waals surface area contributed by atoms with Crippen LogP contribution in [0.4, 0.5) is 5.82 Å². The van der Waals surface area contributed by atoms with Crippen molar-refractivity contribution >= 4 is 16.7 Å². The minimum Gasteiger partial charge on any atom is -0.479 e. The third kappa shape index (κ3) is 2.72. The normalized spacial score (nSPS) is 21.0. The summed E-state index contributed by atoms with van der Waals surface area (Å²) in [4.78, 5) is 11.0. The zero-order valence-electron chi connectivity index (χ0n) is 14.6. The number of H-pyrrole nitrogens is 1. The van der Waals surface area contributed by atoms with Crippen molar-refractivity contribution in [1.82, 2.24) is 20.2 Å². The largest absolute Gasteiger partial charge is 0.479 e. The van der Waals surface area contributed by atoms with Gasteiger partial charge in [0.2, 0.25) is 0 Å². The number of hydrogen-bond donors (Lipinski definition) is 2. The number of aromatic nitrogens is 4. The lowest BCUT2D eigenvalue weighted by molar-refractivity contribution is 0.200. The van der Waals surface area contributed by atoms with Crippen LogP contribution in [0.5, 0.6) is 5.75 Å². The van der Waals surface area contributed by atoms with E-state index in [0.29, 0.717) is 5.75 Å². The minimum absolute atomic E-state index is 0.0570. The third-order valence-corrected chi connectivity index (χ3v) is 5.14. The second-order valence-corrected chi connectivity index (χ2v) is 7.43. The number of nitrogens with one attached hydrogen (secondary N) is 1. The van der Waals surface area contributed by atoms with E-state index in [1.165, 1.54) is 0 Å². The number of ether oxygens (including phenoxy) is 1. The van der Waals surface area contributed by atoms with E-state index >= 15 is 0 Å². The van der Waals surface area contributed by atoms with Crippen molar-refractivity contribution in [2.45, 2.75) is 37.8 Å². The molecule has 2 fully saturated rings. The van der Waals surface area contributed by atoms with Crippen LogP contribution in [0.2, 0.25) is 0 Å². The van der Waals surface area contributed by atoms with Crippen LogP contribution in [0, 0.1) is 12.1 Å². The van der Waals surface area contributed by atoms with E-state index < -0.39 is 0 Å². The van der Waals surface area contributed by atoms with Gasteiger partial charge in [0, 0.05) is 36.7 Å². The Morgan fingerprint density at radius 1 is 1.31 bits per heavy atom. The van der Waals surface area contributed by atoms with E-state index in [9.17, 15) is 0 Å². The van der Waals surface area contributed by atoms with Gasteiger partial charge in [-0.25, -0.2) is 9.97 Å². The predicted octanol–water partition coefficient (Wildman–Crippen LogP) is 2.09. The van der Waals surface area contributed by atoms with Crippen molar-refractivity contribution in [2.75, 3.05) is 18.0 Å². The third-order valence-electron chi connectivity index (χ3n) is 5.14. The van der Waals surface area contributed by atoms with Gasteiger partial charge >= 0.3 is 0 Å². The molecule has 26 heavy (non-hydrogen) atoms. The molecular weight excluding hydrogens is 328 g/mol. The molecule has 1 aliphatic heterocycles. The molecule has 1 unspecified atom stereocenters. The van der Waals surface area contributed by atoms with Crippen LogP contribution in [-0.2, 0) is 0 Å². The van der Waals surface area contributed by atoms with Crippen molar-refractivity contribution < 1.29 is 4.74 Å². The highest BCUT2D eigenvalue weighted by molar-refractivity contribution is 5.92. The summed E-state index contributed by atoms with van der Waals surface area (Å²) in [5.74, 6) is 1.58. The fraction of sp³-hybridized carbons (Fsp3) is 0.421. The molecule has 3 aromatic rings. The maximum atomic E-state index is 6.02. The Morgan fingerprint density at radius 2 is 2.19 bits per heavy atom. The van der Waals surface area contributed by atoms with Gasteiger partial charge in [0.15, 0.2) is 5.75 Å². The molecule has 7 heteroatoms. The second-order valence-electron chi connectivity index (χ2n) is 7.43. The molecule has 3 N–H and O–H groups in total. The monoisotopic (exact) mass is 348 g/mol. The number of fused-ring (bicyclic) bond motifs is 1. The average Bonchev–Trinajstić information content (AvgIpc) is 3.05. The molecule has 7 nitrogen and oxygen atoms in total. The predicted molar refractivity (Wildman–Crippen MR) is 97.9 cm³/mol. The fourth-order valence-electron chi connectivity index (χ4n) is 3.32. The van der Waals surface area contributed by atoms with E-state index in [-0.39, 0.29) is 11.6 Å². The lowest BCUT2D eigenvalue weighted by atomic mass is 10.1. The number of aromatic amines is 1. The number of nitrogens with zero attached hydrogens (tertiary/aromatic N) is 4. The SMILES string of the molecule is CC1(Oc2c#cc3[nH]nc(-c4cc(N5CCC(N)C5)ncn4)c3c2)CC1. The summed E-state index contributed by atoms with van der Waals surface area (Å²) in [6.07, 6.45) is 4.71. The van der Waals surface area contributed by atoms with Gasteiger partial charge in [0.05, 0.1) is 5.69 Å². The summed E-state index contributed by atoms with van der Waals surface area (Å²) < 4.78 is 6.01. The van der Waals surface area contributed by atoms with Crippen LogP contribution >= 0.6 is 0 Å². The van der Waals surface area contributed by atoms with Crippen LogP contribution in [0.3, 0.4) is 0 Å². The van der Waals surface area contributed by atoms with Gasteiger partial charge in [-0.05, 0) is 38.3 Å². The number of nitrogens with two attached hydrogens (primary N) is 1. The molecule has 1 atom stereocenters. The van der Waals surface area contributed by atoms with Gasteiger partial charge < -0.3 is 15.4 Å². The highest BCUT2D eigenvalue weighted by atomic mass is 16.5. The van der Waals surface area contributed by atoms with Gasteiger partial charge in [0.1, 0.15) is 29.0 Å². The zero-order valence-corrected chi connectivity index (χ0v) is 14.6.